The molecule has 0 aliphatic carbocycles. The predicted molar refractivity (Wildman–Crippen MR) is 57.1 cm³/mol. The van der Waals surface area contributed by atoms with Crippen LogP contribution in [0.5, 0.6) is 0 Å². The monoisotopic (exact) mass is 213 g/mol. The molecule has 1 rings (SSSR count). The summed E-state index contributed by atoms with van der Waals surface area (Å²) in [5.74, 6) is -1.02. The number of nitrogens with zero attached hydrogens (tertiary/aromatic N) is 1. The number of likely N-dealkylation sites (N-methyl/N-ethyl adjacent to an activating group) is 1. The molecule has 1 amide bonds. The van der Waals surface area contributed by atoms with Crippen molar-refractivity contribution in [3.63, 3.8) is 0 Å². The second-order valence-corrected chi connectivity index (χ2v) is 3.60. The van der Waals surface area contributed by atoms with Crippen molar-refractivity contribution in [1.29, 1.82) is 0 Å². The molecule has 15 heavy (non-hydrogen) atoms. The van der Waals surface area contributed by atoms with Crippen LogP contribution in [0.3, 0.4) is 0 Å². The summed E-state index contributed by atoms with van der Waals surface area (Å²) in [4.78, 5) is 12.9. The highest BCUT2D eigenvalue weighted by Crippen LogP contribution is 2.42. The number of amides is 1. The van der Waals surface area contributed by atoms with E-state index in [4.69, 9.17) is 9.47 Å². The first-order chi connectivity index (χ1) is 7.12. The summed E-state index contributed by atoms with van der Waals surface area (Å²) >= 11 is 0. The van der Waals surface area contributed by atoms with Gasteiger partial charge in [-0.05, 0) is 18.9 Å². The van der Waals surface area contributed by atoms with Crippen LogP contribution in [-0.2, 0) is 14.3 Å². The van der Waals surface area contributed by atoms with Crippen molar-refractivity contribution in [2.45, 2.75) is 38.7 Å². The fourth-order valence-electron chi connectivity index (χ4n) is 1.57. The van der Waals surface area contributed by atoms with Crippen molar-refractivity contribution in [2.75, 3.05) is 13.7 Å². The quantitative estimate of drug-likeness (QED) is 0.381. The lowest BCUT2D eigenvalue weighted by atomic mass is 10.3. The van der Waals surface area contributed by atoms with E-state index in [1.54, 1.807) is 7.05 Å². The predicted octanol–water partition coefficient (Wildman–Crippen LogP) is 1.52. The van der Waals surface area contributed by atoms with Gasteiger partial charge < -0.3 is 9.47 Å². The van der Waals surface area contributed by atoms with Gasteiger partial charge in [-0.15, -0.1) is 0 Å². The molecular weight excluding hydrogens is 194 g/mol. The minimum absolute atomic E-state index is 0.0158. The van der Waals surface area contributed by atoms with Gasteiger partial charge in [-0.3, -0.25) is 9.69 Å². The zero-order valence-corrected chi connectivity index (χ0v) is 9.66. The van der Waals surface area contributed by atoms with Crippen molar-refractivity contribution in [3.8, 4) is 0 Å². The van der Waals surface area contributed by atoms with Crippen LogP contribution in [0.25, 0.3) is 0 Å². The fraction of sp³-hybridized carbons (Fsp3) is 0.727. The minimum atomic E-state index is -0.837. The van der Waals surface area contributed by atoms with E-state index in [9.17, 15) is 4.79 Å². The molecule has 0 aromatic carbocycles. The normalized spacial score (nSPS) is 28.6. The van der Waals surface area contributed by atoms with Gasteiger partial charge in [-0.25, -0.2) is 0 Å². The first kappa shape index (κ1) is 12.2. The van der Waals surface area contributed by atoms with E-state index in [0.29, 0.717) is 6.61 Å². The topological polar surface area (TPSA) is 42.1 Å². The van der Waals surface area contributed by atoms with Crippen molar-refractivity contribution in [1.82, 2.24) is 4.90 Å². The Morgan fingerprint density at radius 2 is 2.33 bits per heavy atom. The molecule has 2 unspecified atom stereocenters. The van der Waals surface area contributed by atoms with E-state index in [1.165, 1.54) is 11.0 Å². The molecule has 0 aromatic heterocycles. The Morgan fingerprint density at radius 1 is 1.67 bits per heavy atom. The van der Waals surface area contributed by atoms with E-state index >= 15 is 0 Å². The first-order valence-corrected chi connectivity index (χ1v) is 5.34. The smallest absolute Gasteiger partial charge is 0.282 e. The average molecular weight is 213 g/mol. The maximum Gasteiger partial charge on any atom is 0.282 e. The molecule has 4 heteroatoms. The standard InChI is InChI=1S/C11H19NO3/c1-5-8-14-11(9(6-2)15-11)12(4)10(13)7-3/h7,9H,3,5-6,8H2,1-2,4H3. The van der Waals surface area contributed by atoms with E-state index in [-0.39, 0.29) is 12.0 Å². The van der Waals surface area contributed by atoms with Crippen molar-refractivity contribution in [3.05, 3.63) is 12.7 Å². The van der Waals surface area contributed by atoms with Crippen LogP contribution in [0, 0.1) is 0 Å². The van der Waals surface area contributed by atoms with Crippen molar-refractivity contribution in [2.24, 2.45) is 0 Å². The molecule has 2 atom stereocenters. The maximum atomic E-state index is 11.5. The number of ether oxygens (including phenoxy) is 2. The van der Waals surface area contributed by atoms with Gasteiger partial charge in [-0.2, -0.15) is 0 Å². The van der Waals surface area contributed by atoms with Crippen LogP contribution in [-0.4, -0.2) is 36.5 Å². The third kappa shape index (κ3) is 2.21. The SMILES string of the molecule is C=CC(=O)N(C)C1(OCCC)OC1CC. The van der Waals surface area contributed by atoms with Crippen molar-refractivity contribution >= 4 is 5.91 Å². The Hall–Kier alpha value is -0.870. The minimum Gasteiger partial charge on any atom is -0.331 e. The van der Waals surface area contributed by atoms with Gasteiger partial charge in [0.15, 0.2) is 0 Å². The molecule has 0 aromatic rings. The third-order valence-corrected chi connectivity index (χ3v) is 2.52. The van der Waals surface area contributed by atoms with Crippen LogP contribution in [0.1, 0.15) is 26.7 Å². The largest absolute Gasteiger partial charge is 0.331 e. The molecule has 1 aliphatic rings. The van der Waals surface area contributed by atoms with Gasteiger partial charge in [0.1, 0.15) is 6.10 Å². The number of rotatable bonds is 6. The van der Waals surface area contributed by atoms with Gasteiger partial charge >= 0.3 is 0 Å². The van der Waals surface area contributed by atoms with Crippen LogP contribution in [0.4, 0.5) is 0 Å². The zero-order chi connectivity index (χ0) is 11.5. The highest BCUT2D eigenvalue weighted by molar-refractivity contribution is 5.87. The van der Waals surface area contributed by atoms with E-state index in [0.717, 1.165) is 12.8 Å². The summed E-state index contributed by atoms with van der Waals surface area (Å²) in [5, 5.41) is 0. The zero-order valence-electron chi connectivity index (χ0n) is 9.66. The molecule has 0 spiro atoms. The molecule has 0 saturated carbocycles. The lowest BCUT2D eigenvalue weighted by molar-refractivity contribution is -0.164. The number of epoxide rings is 1. The van der Waals surface area contributed by atoms with Crippen LogP contribution >= 0.6 is 0 Å². The van der Waals surface area contributed by atoms with Crippen LogP contribution < -0.4 is 0 Å². The summed E-state index contributed by atoms with van der Waals surface area (Å²) in [5.41, 5.74) is 0. The lowest BCUT2D eigenvalue weighted by Crippen LogP contribution is -2.43. The third-order valence-electron chi connectivity index (χ3n) is 2.52. The Balaban J connectivity index is 2.66. The summed E-state index contributed by atoms with van der Waals surface area (Å²) < 4.78 is 11.1. The number of carbonyl (C=O) groups excluding carboxylic acids is 1. The first-order valence-electron chi connectivity index (χ1n) is 5.34. The summed E-state index contributed by atoms with van der Waals surface area (Å²) in [6.07, 6.45) is 2.99. The van der Waals surface area contributed by atoms with Gasteiger partial charge in [0, 0.05) is 7.05 Å². The van der Waals surface area contributed by atoms with E-state index < -0.39 is 5.91 Å². The lowest BCUT2D eigenvalue weighted by Gasteiger charge is -2.24. The fourth-order valence-corrected chi connectivity index (χ4v) is 1.57. The van der Waals surface area contributed by atoms with Gasteiger partial charge in [0.05, 0.1) is 6.61 Å². The summed E-state index contributed by atoms with van der Waals surface area (Å²) in [6.45, 7) is 8.07. The summed E-state index contributed by atoms with van der Waals surface area (Å²) in [7, 11) is 1.68. The van der Waals surface area contributed by atoms with Gasteiger partial charge in [-0.1, -0.05) is 20.4 Å². The van der Waals surface area contributed by atoms with E-state index in [2.05, 4.69) is 6.58 Å². The average Bonchev–Trinajstić information content (AvgIpc) is 2.99. The van der Waals surface area contributed by atoms with Crippen LogP contribution in [0.2, 0.25) is 0 Å². The molecule has 1 saturated heterocycles. The molecule has 0 bridgehead atoms. The highest BCUT2D eigenvalue weighted by atomic mass is 16.8. The Kier molecular flexibility index (Phi) is 3.88. The molecule has 1 aliphatic heterocycles. The molecular formula is C11H19NO3. The van der Waals surface area contributed by atoms with Crippen molar-refractivity contribution < 1.29 is 14.3 Å². The Morgan fingerprint density at radius 3 is 2.73 bits per heavy atom. The van der Waals surface area contributed by atoms with E-state index in [1.807, 2.05) is 13.8 Å². The van der Waals surface area contributed by atoms with Gasteiger partial charge in [0.25, 0.3) is 5.91 Å². The molecule has 1 heterocycles. The molecule has 86 valence electrons. The Bertz CT molecular complexity index is 254. The molecule has 4 nitrogen and oxygen atoms in total. The molecule has 0 radical (unpaired) electrons. The second kappa shape index (κ2) is 4.77. The molecule has 1 fully saturated rings. The second-order valence-electron chi connectivity index (χ2n) is 3.60. The highest BCUT2D eigenvalue weighted by Gasteiger charge is 2.61. The number of hydrogen-bond acceptors (Lipinski definition) is 3. The molecule has 0 N–H and O–H groups in total. The maximum absolute atomic E-state index is 11.5. The summed E-state index contributed by atoms with van der Waals surface area (Å²) in [6, 6.07) is 0. The van der Waals surface area contributed by atoms with Crippen LogP contribution in [0.15, 0.2) is 12.7 Å². The van der Waals surface area contributed by atoms with Gasteiger partial charge in [0.2, 0.25) is 5.91 Å². The number of carbonyl (C=O) groups is 1. The number of hydrogen-bond donors (Lipinski definition) is 0. The Labute approximate surface area is 90.8 Å².